The van der Waals surface area contributed by atoms with Gasteiger partial charge >= 0.3 is 0 Å². The molecule has 2 nitrogen and oxygen atoms in total. The maximum atomic E-state index is 3.55. The number of aryl methyl sites for hydroxylation is 1. The molecule has 0 radical (unpaired) electrons. The summed E-state index contributed by atoms with van der Waals surface area (Å²) >= 11 is 0. The molecule has 0 aliphatic carbocycles. The van der Waals surface area contributed by atoms with Crippen LogP contribution in [0.1, 0.15) is 44.3 Å². The lowest BCUT2D eigenvalue weighted by Crippen LogP contribution is -2.16. The number of hydrogen-bond acceptors (Lipinski definition) is 1. The quantitative estimate of drug-likeness (QED) is 0.776. The van der Waals surface area contributed by atoms with E-state index in [4.69, 9.17) is 0 Å². The van der Waals surface area contributed by atoms with Crippen molar-refractivity contribution in [1.29, 1.82) is 0 Å². The van der Waals surface area contributed by atoms with Crippen LogP contribution in [0.25, 0.3) is 0 Å². The van der Waals surface area contributed by atoms with Gasteiger partial charge in [-0.05, 0) is 37.9 Å². The van der Waals surface area contributed by atoms with E-state index in [-0.39, 0.29) is 0 Å². The van der Waals surface area contributed by atoms with Crippen molar-refractivity contribution in [3.05, 3.63) is 24.0 Å². The fraction of sp³-hybridized carbons (Fsp3) is 0.667. The topological polar surface area (TPSA) is 17.0 Å². The fourth-order valence-electron chi connectivity index (χ4n) is 2.21. The zero-order valence-corrected chi connectivity index (χ0v) is 9.00. The Morgan fingerprint density at radius 2 is 2.50 bits per heavy atom. The van der Waals surface area contributed by atoms with Crippen LogP contribution >= 0.6 is 0 Å². The highest BCUT2D eigenvalue weighted by Gasteiger charge is 2.18. The normalized spacial score (nSPS) is 21.6. The summed E-state index contributed by atoms with van der Waals surface area (Å²) in [6, 6.07) is 5.05. The van der Waals surface area contributed by atoms with E-state index in [9.17, 15) is 0 Å². The zero-order chi connectivity index (χ0) is 9.80. The molecule has 2 heterocycles. The van der Waals surface area contributed by atoms with Gasteiger partial charge in [0.1, 0.15) is 0 Å². The predicted octanol–water partition coefficient (Wildman–Crippen LogP) is 2.71. The summed E-state index contributed by atoms with van der Waals surface area (Å²) in [6.45, 7) is 4.61. The van der Waals surface area contributed by atoms with Gasteiger partial charge in [0, 0.05) is 24.5 Å². The Hall–Kier alpha value is -0.760. The molecule has 1 aromatic rings. The van der Waals surface area contributed by atoms with Crippen molar-refractivity contribution in [1.82, 2.24) is 9.88 Å². The van der Waals surface area contributed by atoms with Gasteiger partial charge in [-0.3, -0.25) is 0 Å². The maximum absolute atomic E-state index is 3.55. The third-order valence-electron chi connectivity index (χ3n) is 3.03. The van der Waals surface area contributed by atoms with E-state index in [1.807, 2.05) is 0 Å². The van der Waals surface area contributed by atoms with Crippen molar-refractivity contribution in [2.45, 2.75) is 45.2 Å². The lowest BCUT2D eigenvalue weighted by Gasteiger charge is -2.14. The van der Waals surface area contributed by atoms with Crippen molar-refractivity contribution in [2.24, 2.45) is 0 Å². The van der Waals surface area contributed by atoms with Gasteiger partial charge in [0.05, 0.1) is 0 Å². The van der Waals surface area contributed by atoms with Gasteiger partial charge < -0.3 is 9.88 Å². The predicted molar refractivity (Wildman–Crippen MR) is 59.3 cm³/mol. The minimum Gasteiger partial charge on any atom is -0.350 e. The van der Waals surface area contributed by atoms with Crippen LogP contribution in [0, 0.1) is 0 Å². The molecule has 1 aromatic heterocycles. The molecule has 78 valence electrons. The molecule has 0 amide bonds. The lowest BCUT2D eigenvalue weighted by molar-refractivity contribution is 0.545. The summed E-state index contributed by atoms with van der Waals surface area (Å²) in [6.07, 6.45) is 7.40. The SMILES string of the molecule is CCCCn1cccc1C1CCCN1. The number of unbranched alkanes of at least 4 members (excludes halogenated alkanes) is 1. The number of nitrogens with one attached hydrogen (secondary N) is 1. The monoisotopic (exact) mass is 192 g/mol. The van der Waals surface area contributed by atoms with E-state index in [1.165, 1.54) is 44.5 Å². The molecule has 2 rings (SSSR count). The van der Waals surface area contributed by atoms with E-state index >= 15 is 0 Å². The van der Waals surface area contributed by atoms with Gasteiger partial charge in [0.25, 0.3) is 0 Å². The molecule has 1 unspecified atom stereocenters. The van der Waals surface area contributed by atoms with Crippen LogP contribution in [0.15, 0.2) is 18.3 Å². The number of rotatable bonds is 4. The van der Waals surface area contributed by atoms with Crippen LogP contribution in [-0.4, -0.2) is 11.1 Å². The van der Waals surface area contributed by atoms with Crippen molar-refractivity contribution in [3.63, 3.8) is 0 Å². The van der Waals surface area contributed by atoms with Gasteiger partial charge in [-0.25, -0.2) is 0 Å². The van der Waals surface area contributed by atoms with Crippen LogP contribution in [0.2, 0.25) is 0 Å². The number of hydrogen-bond donors (Lipinski definition) is 1. The van der Waals surface area contributed by atoms with Crippen LogP contribution in [-0.2, 0) is 6.54 Å². The van der Waals surface area contributed by atoms with Crippen LogP contribution in [0.3, 0.4) is 0 Å². The first kappa shape index (κ1) is 9.78. The van der Waals surface area contributed by atoms with E-state index < -0.39 is 0 Å². The molecular formula is C12H20N2. The Morgan fingerprint density at radius 1 is 1.57 bits per heavy atom. The number of nitrogens with zero attached hydrogens (tertiary/aromatic N) is 1. The summed E-state index contributed by atoms with van der Waals surface area (Å²) in [4.78, 5) is 0. The zero-order valence-electron chi connectivity index (χ0n) is 9.00. The van der Waals surface area contributed by atoms with Crippen molar-refractivity contribution in [2.75, 3.05) is 6.54 Å². The molecule has 0 bridgehead atoms. The second-order valence-corrected chi connectivity index (χ2v) is 4.13. The first-order valence-electron chi connectivity index (χ1n) is 5.80. The lowest BCUT2D eigenvalue weighted by atomic mass is 10.1. The van der Waals surface area contributed by atoms with Crippen LogP contribution in [0.5, 0.6) is 0 Å². The fourth-order valence-corrected chi connectivity index (χ4v) is 2.21. The molecule has 0 aromatic carbocycles. The Bertz CT molecular complexity index is 272. The standard InChI is InChI=1S/C12H20N2/c1-2-3-9-14-10-5-7-12(14)11-6-4-8-13-11/h5,7,10-11,13H,2-4,6,8-9H2,1H3. The Balaban J connectivity index is 2.04. The third kappa shape index (κ3) is 2.01. The second kappa shape index (κ2) is 4.65. The van der Waals surface area contributed by atoms with Gasteiger partial charge in [-0.15, -0.1) is 0 Å². The highest BCUT2D eigenvalue weighted by molar-refractivity contribution is 5.13. The molecule has 1 aliphatic heterocycles. The molecule has 1 atom stereocenters. The highest BCUT2D eigenvalue weighted by Crippen LogP contribution is 2.23. The molecule has 14 heavy (non-hydrogen) atoms. The molecule has 1 N–H and O–H groups in total. The molecule has 0 saturated carbocycles. The maximum Gasteiger partial charge on any atom is 0.0475 e. The first-order chi connectivity index (χ1) is 6.92. The van der Waals surface area contributed by atoms with E-state index in [1.54, 1.807) is 0 Å². The van der Waals surface area contributed by atoms with Gasteiger partial charge in [-0.2, -0.15) is 0 Å². The minimum atomic E-state index is 0.613. The van der Waals surface area contributed by atoms with E-state index in [0.717, 1.165) is 0 Å². The average molecular weight is 192 g/mol. The first-order valence-corrected chi connectivity index (χ1v) is 5.80. The Kier molecular flexibility index (Phi) is 3.25. The van der Waals surface area contributed by atoms with E-state index in [2.05, 4.69) is 35.1 Å². The van der Waals surface area contributed by atoms with Gasteiger partial charge in [0.2, 0.25) is 0 Å². The Morgan fingerprint density at radius 3 is 3.21 bits per heavy atom. The number of aromatic nitrogens is 1. The highest BCUT2D eigenvalue weighted by atomic mass is 15.0. The summed E-state index contributed by atoms with van der Waals surface area (Å²) in [5, 5.41) is 3.55. The van der Waals surface area contributed by atoms with Crippen molar-refractivity contribution < 1.29 is 0 Å². The second-order valence-electron chi connectivity index (χ2n) is 4.13. The minimum absolute atomic E-state index is 0.613. The smallest absolute Gasteiger partial charge is 0.0475 e. The van der Waals surface area contributed by atoms with E-state index in [0.29, 0.717) is 6.04 Å². The molecule has 1 aliphatic rings. The molecule has 1 fully saturated rings. The largest absolute Gasteiger partial charge is 0.350 e. The Labute approximate surface area is 86.3 Å². The molecular weight excluding hydrogens is 172 g/mol. The van der Waals surface area contributed by atoms with Crippen LogP contribution in [0.4, 0.5) is 0 Å². The van der Waals surface area contributed by atoms with Gasteiger partial charge in [-0.1, -0.05) is 13.3 Å². The third-order valence-corrected chi connectivity index (χ3v) is 3.03. The van der Waals surface area contributed by atoms with Crippen molar-refractivity contribution >= 4 is 0 Å². The van der Waals surface area contributed by atoms with Crippen LogP contribution < -0.4 is 5.32 Å². The summed E-state index contributed by atoms with van der Waals surface area (Å²) in [7, 11) is 0. The summed E-state index contributed by atoms with van der Waals surface area (Å²) in [5.74, 6) is 0. The summed E-state index contributed by atoms with van der Waals surface area (Å²) in [5.41, 5.74) is 1.48. The summed E-state index contributed by atoms with van der Waals surface area (Å²) < 4.78 is 2.41. The molecule has 1 saturated heterocycles. The average Bonchev–Trinajstić information content (AvgIpc) is 2.84. The molecule has 2 heteroatoms. The van der Waals surface area contributed by atoms with Crippen molar-refractivity contribution in [3.8, 4) is 0 Å². The van der Waals surface area contributed by atoms with Gasteiger partial charge in [0.15, 0.2) is 0 Å². The molecule has 0 spiro atoms.